The maximum Gasteiger partial charge on any atom is 0.286 e. The molecular weight excluding hydrogens is 314 g/mol. The van der Waals surface area contributed by atoms with E-state index in [2.05, 4.69) is 10.3 Å². The van der Waals surface area contributed by atoms with Gasteiger partial charge in [0.2, 0.25) is 0 Å². The Morgan fingerprint density at radius 2 is 2.04 bits per heavy atom. The van der Waals surface area contributed by atoms with Crippen molar-refractivity contribution in [1.82, 2.24) is 10.3 Å². The zero-order chi connectivity index (χ0) is 17.7. The van der Waals surface area contributed by atoms with E-state index in [0.717, 1.165) is 23.6 Å². The van der Waals surface area contributed by atoms with E-state index in [0.29, 0.717) is 6.61 Å². The predicted octanol–water partition coefficient (Wildman–Crippen LogP) is 2.17. The summed E-state index contributed by atoms with van der Waals surface area (Å²) in [6, 6.07) is 7.73. The number of rotatable bonds is 6. The van der Waals surface area contributed by atoms with E-state index in [1.54, 1.807) is 31.2 Å². The monoisotopic (exact) mass is 331 g/mol. The Morgan fingerprint density at radius 3 is 2.62 bits per heavy atom. The lowest BCUT2D eigenvalue weighted by Crippen LogP contribution is -2.31. The normalized spacial score (nSPS) is 11.6. The van der Waals surface area contributed by atoms with Crippen molar-refractivity contribution >= 4 is 11.6 Å². The summed E-state index contributed by atoms with van der Waals surface area (Å²) in [7, 11) is 0. The van der Waals surface area contributed by atoms with Crippen molar-refractivity contribution in [3.8, 4) is 5.75 Å². The van der Waals surface area contributed by atoms with Crippen molar-refractivity contribution in [1.29, 1.82) is 0 Å². The third-order valence-electron chi connectivity index (χ3n) is 3.38. The number of amides is 1. The fourth-order valence-electron chi connectivity index (χ4n) is 2.12. The molecule has 0 spiro atoms. The average molecular weight is 331 g/mol. The summed E-state index contributed by atoms with van der Waals surface area (Å²) in [5, 5.41) is 13.4. The van der Waals surface area contributed by atoms with Crippen molar-refractivity contribution in [2.45, 2.75) is 19.9 Å². The molecule has 1 atom stereocenters. The zero-order valence-electron chi connectivity index (χ0n) is 13.2. The minimum absolute atomic E-state index is 0.304. The van der Waals surface area contributed by atoms with Gasteiger partial charge >= 0.3 is 0 Å². The van der Waals surface area contributed by atoms with Crippen LogP contribution in [0.2, 0.25) is 0 Å². The number of hydrogen-bond donors (Lipinski definition) is 2. The van der Waals surface area contributed by atoms with Gasteiger partial charge in [0.25, 0.3) is 17.2 Å². The number of nitrogens with zero attached hydrogens (tertiary/aromatic N) is 1. The number of nitro groups is 1. The minimum Gasteiger partial charge on any atom is -0.494 e. The number of benzene rings is 1. The number of carbonyl (C=O) groups excluding carboxylic acids is 1. The molecule has 0 radical (unpaired) electrons. The number of aromatic amines is 1. The van der Waals surface area contributed by atoms with E-state index in [4.69, 9.17) is 4.74 Å². The standard InChI is InChI=1S/C16H17N3O5/c1-3-24-13-6-4-11(5-7-13)10(2)18-16(21)14-8-12(19(22)23)9-17-15(14)20/h4-10H,3H2,1-2H3,(H,17,20)(H,18,21). The van der Waals surface area contributed by atoms with Crippen molar-refractivity contribution in [2.24, 2.45) is 0 Å². The molecule has 8 heteroatoms. The molecule has 24 heavy (non-hydrogen) atoms. The van der Waals surface area contributed by atoms with E-state index in [9.17, 15) is 19.7 Å². The van der Waals surface area contributed by atoms with Gasteiger partial charge in [-0.2, -0.15) is 0 Å². The lowest BCUT2D eigenvalue weighted by Gasteiger charge is -2.14. The summed E-state index contributed by atoms with van der Waals surface area (Å²) in [5.41, 5.74) is -0.527. The Bertz CT molecular complexity index is 798. The number of aromatic nitrogens is 1. The highest BCUT2D eigenvalue weighted by molar-refractivity contribution is 5.94. The van der Waals surface area contributed by atoms with Gasteiger partial charge in [0, 0.05) is 6.07 Å². The van der Waals surface area contributed by atoms with Gasteiger partial charge in [-0.25, -0.2) is 0 Å². The van der Waals surface area contributed by atoms with Crippen molar-refractivity contribution in [3.05, 3.63) is 68.1 Å². The van der Waals surface area contributed by atoms with Crippen molar-refractivity contribution < 1.29 is 14.5 Å². The second kappa shape index (κ2) is 7.40. The zero-order valence-corrected chi connectivity index (χ0v) is 13.2. The molecule has 126 valence electrons. The minimum atomic E-state index is -0.683. The van der Waals surface area contributed by atoms with Gasteiger partial charge in [0.15, 0.2) is 0 Å². The molecule has 0 aliphatic carbocycles. The van der Waals surface area contributed by atoms with Crippen molar-refractivity contribution in [2.75, 3.05) is 6.61 Å². The van der Waals surface area contributed by atoms with Crippen LogP contribution in [0.25, 0.3) is 0 Å². The molecule has 8 nitrogen and oxygen atoms in total. The SMILES string of the molecule is CCOc1ccc(C(C)NC(=O)c2cc([N+](=O)[O-])c[nH]c2=O)cc1. The molecule has 0 saturated heterocycles. The fourth-order valence-corrected chi connectivity index (χ4v) is 2.12. The Kier molecular flexibility index (Phi) is 5.31. The summed E-state index contributed by atoms with van der Waals surface area (Å²) in [6.07, 6.45) is 0.953. The van der Waals surface area contributed by atoms with Crippen LogP contribution in [0.15, 0.2) is 41.3 Å². The molecular formula is C16H17N3O5. The Morgan fingerprint density at radius 1 is 1.38 bits per heavy atom. The Hall–Kier alpha value is -3.16. The van der Waals surface area contributed by atoms with Crippen LogP contribution < -0.4 is 15.6 Å². The average Bonchev–Trinajstić information content (AvgIpc) is 2.55. The first kappa shape index (κ1) is 17.2. The molecule has 0 aliphatic rings. The second-order valence-electron chi connectivity index (χ2n) is 5.05. The van der Waals surface area contributed by atoms with Gasteiger partial charge < -0.3 is 15.0 Å². The molecule has 1 amide bonds. The molecule has 0 fully saturated rings. The van der Waals surface area contributed by atoms with Crippen LogP contribution in [0, 0.1) is 10.1 Å². The molecule has 0 saturated carbocycles. The molecule has 2 aromatic rings. The fraction of sp³-hybridized carbons (Fsp3) is 0.250. The first-order valence-corrected chi connectivity index (χ1v) is 7.33. The predicted molar refractivity (Wildman–Crippen MR) is 87.2 cm³/mol. The third-order valence-corrected chi connectivity index (χ3v) is 3.38. The van der Waals surface area contributed by atoms with Gasteiger partial charge in [-0.3, -0.25) is 19.7 Å². The quantitative estimate of drug-likeness (QED) is 0.622. The van der Waals surface area contributed by atoms with Crippen molar-refractivity contribution in [3.63, 3.8) is 0 Å². The van der Waals surface area contributed by atoms with Crippen LogP contribution in [-0.4, -0.2) is 22.4 Å². The van der Waals surface area contributed by atoms with E-state index >= 15 is 0 Å². The van der Waals surface area contributed by atoms with Gasteiger partial charge in [-0.1, -0.05) is 12.1 Å². The number of hydrogen-bond acceptors (Lipinski definition) is 5. The van der Waals surface area contributed by atoms with Crippen LogP contribution >= 0.6 is 0 Å². The molecule has 1 unspecified atom stereocenters. The molecule has 1 heterocycles. The maximum absolute atomic E-state index is 12.2. The summed E-state index contributed by atoms with van der Waals surface area (Å²) >= 11 is 0. The number of carbonyl (C=O) groups is 1. The smallest absolute Gasteiger partial charge is 0.286 e. The lowest BCUT2D eigenvalue weighted by atomic mass is 10.1. The first-order chi connectivity index (χ1) is 11.4. The molecule has 0 aliphatic heterocycles. The summed E-state index contributed by atoms with van der Waals surface area (Å²) in [4.78, 5) is 36.2. The molecule has 0 bridgehead atoms. The van der Waals surface area contributed by atoms with Crippen LogP contribution in [-0.2, 0) is 0 Å². The topological polar surface area (TPSA) is 114 Å². The third kappa shape index (κ3) is 3.97. The summed E-state index contributed by atoms with van der Waals surface area (Å²) in [6.45, 7) is 4.19. The van der Waals surface area contributed by atoms with Gasteiger partial charge in [-0.05, 0) is 31.5 Å². The van der Waals surface area contributed by atoms with Crippen LogP contribution in [0.3, 0.4) is 0 Å². The second-order valence-corrected chi connectivity index (χ2v) is 5.05. The highest BCUT2D eigenvalue weighted by Crippen LogP contribution is 2.18. The molecule has 2 rings (SSSR count). The Labute approximate surface area is 137 Å². The lowest BCUT2D eigenvalue weighted by molar-refractivity contribution is -0.385. The number of ether oxygens (including phenoxy) is 1. The number of H-pyrrole nitrogens is 1. The highest BCUT2D eigenvalue weighted by atomic mass is 16.6. The van der Waals surface area contributed by atoms with Gasteiger partial charge in [0.1, 0.15) is 11.3 Å². The molecule has 2 N–H and O–H groups in total. The largest absolute Gasteiger partial charge is 0.494 e. The molecule has 1 aromatic heterocycles. The van der Waals surface area contributed by atoms with E-state index in [-0.39, 0.29) is 17.3 Å². The van der Waals surface area contributed by atoms with Gasteiger partial charge in [0.05, 0.1) is 23.8 Å². The number of nitrogens with one attached hydrogen (secondary N) is 2. The maximum atomic E-state index is 12.2. The van der Waals surface area contributed by atoms with E-state index < -0.39 is 16.4 Å². The Balaban J connectivity index is 2.15. The summed E-state index contributed by atoms with van der Waals surface area (Å²) in [5.74, 6) is 0.0382. The highest BCUT2D eigenvalue weighted by Gasteiger charge is 2.18. The van der Waals surface area contributed by atoms with Gasteiger partial charge in [-0.15, -0.1) is 0 Å². The van der Waals surface area contributed by atoms with Crippen LogP contribution in [0.4, 0.5) is 5.69 Å². The van der Waals surface area contributed by atoms with E-state index in [1.165, 1.54) is 0 Å². The van der Waals surface area contributed by atoms with E-state index in [1.807, 2.05) is 6.92 Å². The van der Waals surface area contributed by atoms with Crippen LogP contribution in [0.1, 0.15) is 35.8 Å². The number of pyridine rings is 1. The molecule has 1 aromatic carbocycles. The summed E-state index contributed by atoms with van der Waals surface area (Å²) < 4.78 is 5.35. The van der Waals surface area contributed by atoms with Crippen LogP contribution in [0.5, 0.6) is 5.75 Å². The first-order valence-electron chi connectivity index (χ1n) is 7.33.